The fourth-order valence-corrected chi connectivity index (χ4v) is 3.97. The molecule has 7 heteroatoms. The number of benzene rings is 1. The Morgan fingerprint density at radius 3 is 2.56 bits per heavy atom. The number of rotatable bonds is 5. The van der Waals surface area contributed by atoms with Crippen LogP contribution in [0.3, 0.4) is 0 Å². The van der Waals surface area contributed by atoms with Crippen LogP contribution in [0.15, 0.2) is 30.3 Å². The molecule has 2 aromatic rings. The summed E-state index contributed by atoms with van der Waals surface area (Å²) in [5, 5.41) is 12.4. The van der Waals surface area contributed by atoms with Crippen molar-refractivity contribution < 1.29 is 23.5 Å². The summed E-state index contributed by atoms with van der Waals surface area (Å²) in [6.07, 6.45) is 1.74. The Balaban J connectivity index is 1.53. The first kappa shape index (κ1) is 16.2. The summed E-state index contributed by atoms with van der Waals surface area (Å²) in [6, 6.07) is 7.94. The van der Waals surface area contributed by atoms with Crippen molar-refractivity contribution in [2.75, 3.05) is 5.32 Å². The van der Waals surface area contributed by atoms with Crippen molar-refractivity contribution >= 4 is 28.2 Å². The Kier molecular flexibility index (Phi) is 3.64. The van der Waals surface area contributed by atoms with E-state index in [4.69, 9.17) is 0 Å². The highest BCUT2D eigenvalue weighted by atomic mass is 32.1. The third kappa shape index (κ3) is 3.16. The zero-order valence-corrected chi connectivity index (χ0v) is 13.9. The number of halogens is 2. The molecule has 1 aromatic heterocycles. The normalized spacial score (nSPS) is 21.0. The number of carboxylic acids is 1. The molecule has 1 unspecified atom stereocenters. The van der Waals surface area contributed by atoms with E-state index in [2.05, 4.69) is 5.32 Å². The van der Waals surface area contributed by atoms with Gasteiger partial charge in [0.05, 0.1) is 10.9 Å². The molecule has 2 aliphatic carbocycles. The fraction of sp³-hybridized carbons (Fsp3) is 0.333. The van der Waals surface area contributed by atoms with Gasteiger partial charge in [-0.2, -0.15) is 0 Å². The van der Waals surface area contributed by atoms with Gasteiger partial charge in [0.15, 0.2) is 0 Å². The molecule has 2 aliphatic rings. The number of carboxylic acid groups (broad SMARTS) is 1. The summed E-state index contributed by atoms with van der Waals surface area (Å²) in [5.41, 5.74) is 1.51. The second-order valence-corrected chi connectivity index (χ2v) is 7.62. The van der Waals surface area contributed by atoms with Crippen LogP contribution in [0, 0.1) is 0 Å². The standard InChI is InChI=1S/C18H15F2NO3S/c19-18(20)8-13(18)10-2-1-3-11(6-10)16(22)21-14-7-12(9-4-5-9)15(25-14)17(23)24/h1-3,6-7,9,13H,4-5,8H2,(H,21,22)(H,23,24). The first-order valence-electron chi connectivity index (χ1n) is 8.01. The van der Waals surface area contributed by atoms with Crippen molar-refractivity contribution in [3.8, 4) is 0 Å². The van der Waals surface area contributed by atoms with Gasteiger partial charge in [-0.05, 0) is 48.1 Å². The quantitative estimate of drug-likeness (QED) is 0.809. The first-order chi connectivity index (χ1) is 11.8. The van der Waals surface area contributed by atoms with Gasteiger partial charge in [0, 0.05) is 12.0 Å². The highest BCUT2D eigenvalue weighted by Gasteiger charge is 2.57. The molecule has 1 aromatic carbocycles. The van der Waals surface area contributed by atoms with Crippen LogP contribution in [-0.4, -0.2) is 22.9 Å². The number of carbonyl (C=O) groups excluding carboxylic acids is 1. The van der Waals surface area contributed by atoms with Crippen LogP contribution in [0.2, 0.25) is 0 Å². The van der Waals surface area contributed by atoms with Crippen molar-refractivity contribution in [1.29, 1.82) is 0 Å². The minimum atomic E-state index is -2.68. The van der Waals surface area contributed by atoms with Crippen LogP contribution >= 0.6 is 11.3 Å². The van der Waals surface area contributed by atoms with Crippen molar-refractivity contribution in [3.63, 3.8) is 0 Å². The maximum Gasteiger partial charge on any atom is 0.346 e. The molecule has 0 bridgehead atoms. The van der Waals surface area contributed by atoms with E-state index in [0.717, 1.165) is 29.7 Å². The Hall–Kier alpha value is -2.28. The predicted octanol–water partition coefficient (Wildman–Crippen LogP) is 4.70. The van der Waals surface area contributed by atoms with E-state index in [-0.39, 0.29) is 17.2 Å². The number of thiophene rings is 1. The maximum absolute atomic E-state index is 13.2. The Morgan fingerprint density at radius 1 is 1.24 bits per heavy atom. The predicted molar refractivity (Wildman–Crippen MR) is 90.0 cm³/mol. The molecule has 1 amide bonds. The minimum absolute atomic E-state index is 0.185. The largest absolute Gasteiger partial charge is 0.477 e. The lowest BCUT2D eigenvalue weighted by Crippen LogP contribution is -2.11. The van der Waals surface area contributed by atoms with Gasteiger partial charge in [-0.25, -0.2) is 13.6 Å². The van der Waals surface area contributed by atoms with Crippen LogP contribution in [0.5, 0.6) is 0 Å². The molecule has 0 radical (unpaired) electrons. The highest BCUT2D eigenvalue weighted by Crippen LogP contribution is 2.55. The van der Waals surface area contributed by atoms with Crippen molar-refractivity contribution in [2.45, 2.75) is 37.0 Å². The molecular weight excluding hydrogens is 348 g/mol. The second-order valence-electron chi connectivity index (χ2n) is 6.57. The monoisotopic (exact) mass is 363 g/mol. The number of hydrogen-bond donors (Lipinski definition) is 2. The van der Waals surface area contributed by atoms with Crippen LogP contribution in [0.4, 0.5) is 13.8 Å². The molecular formula is C18H15F2NO3S. The third-order valence-electron chi connectivity index (χ3n) is 4.59. The van der Waals surface area contributed by atoms with Gasteiger partial charge < -0.3 is 10.4 Å². The van der Waals surface area contributed by atoms with Crippen molar-refractivity contribution in [2.24, 2.45) is 0 Å². The fourth-order valence-electron chi connectivity index (χ4n) is 2.99. The Bertz CT molecular complexity index is 873. The number of carbonyl (C=O) groups is 2. The van der Waals surface area contributed by atoms with Crippen LogP contribution in [-0.2, 0) is 0 Å². The van der Waals surface area contributed by atoms with Gasteiger partial charge in [0.25, 0.3) is 11.8 Å². The first-order valence-corrected chi connectivity index (χ1v) is 8.83. The number of hydrogen-bond acceptors (Lipinski definition) is 3. The molecule has 4 rings (SSSR count). The summed E-state index contributed by atoms with van der Waals surface area (Å²) >= 11 is 1.03. The summed E-state index contributed by atoms with van der Waals surface area (Å²) in [4.78, 5) is 24.0. The number of alkyl halides is 2. The van der Waals surface area contributed by atoms with E-state index < -0.39 is 23.7 Å². The lowest BCUT2D eigenvalue weighted by Gasteiger charge is -2.05. The number of anilines is 1. The van der Waals surface area contributed by atoms with E-state index in [1.807, 2.05) is 0 Å². The average molecular weight is 363 g/mol. The summed E-state index contributed by atoms with van der Waals surface area (Å²) < 4.78 is 26.4. The topological polar surface area (TPSA) is 66.4 Å². The molecule has 1 atom stereocenters. The highest BCUT2D eigenvalue weighted by molar-refractivity contribution is 7.18. The van der Waals surface area contributed by atoms with Gasteiger partial charge in [0.2, 0.25) is 0 Å². The molecule has 2 saturated carbocycles. The van der Waals surface area contributed by atoms with E-state index in [1.54, 1.807) is 24.3 Å². The van der Waals surface area contributed by atoms with Crippen LogP contribution in [0.1, 0.15) is 62.3 Å². The molecule has 0 saturated heterocycles. The molecule has 2 fully saturated rings. The number of aromatic carboxylic acids is 1. The van der Waals surface area contributed by atoms with E-state index in [1.165, 1.54) is 6.07 Å². The SMILES string of the molecule is O=C(Nc1cc(C2CC2)c(C(=O)O)s1)c1cccc(C2CC2(F)F)c1. The van der Waals surface area contributed by atoms with E-state index >= 15 is 0 Å². The summed E-state index contributed by atoms with van der Waals surface area (Å²) in [7, 11) is 0. The van der Waals surface area contributed by atoms with Crippen LogP contribution in [0.25, 0.3) is 0 Å². The van der Waals surface area contributed by atoms with Crippen molar-refractivity contribution in [1.82, 2.24) is 0 Å². The zero-order valence-electron chi connectivity index (χ0n) is 13.1. The van der Waals surface area contributed by atoms with E-state index in [0.29, 0.717) is 16.1 Å². The zero-order chi connectivity index (χ0) is 17.8. The lowest BCUT2D eigenvalue weighted by molar-refractivity contribution is 0.0700. The van der Waals surface area contributed by atoms with Gasteiger partial charge in [-0.15, -0.1) is 11.3 Å². The average Bonchev–Trinajstić information content (AvgIpc) is 3.46. The molecule has 130 valence electrons. The lowest BCUT2D eigenvalue weighted by atomic mass is 10.1. The second kappa shape index (κ2) is 5.62. The Labute approximate surface area is 146 Å². The molecule has 4 nitrogen and oxygen atoms in total. The van der Waals surface area contributed by atoms with E-state index in [9.17, 15) is 23.5 Å². The molecule has 0 spiro atoms. The maximum atomic E-state index is 13.2. The molecule has 0 aliphatic heterocycles. The minimum Gasteiger partial charge on any atom is -0.477 e. The van der Waals surface area contributed by atoms with Crippen LogP contribution < -0.4 is 5.32 Å². The summed E-state index contributed by atoms with van der Waals surface area (Å²) in [6.45, 7) is 0. The molecule has 2 N–H and O–H groups in total. The number of amides is 1. The summed E-state index contributed by atoms with van der Waals surface area (Å²) in [5.74, 6) is -4.66. The molecule has 1 heterocycles. The third-order valence-corrected chi connectivity index (χ3v) is 5.64. The van der Waals surface area contributed by atoms with Gasteiger partial charge in [0.1, 0.15) is 4.88 Å². The van der Waals surface area contributed by atoms with Gasteiger partial charge in [-0.3, -0.25) is 4.79 Å². The number of nitrogens with one attached hydrogen (secondary N) is 1. The van der Waals surface area contributed by atoms with Gasteiger partial charge >= 0.3 is 5.97 Å². The Morgan fingerprint density at radius 2 is 1.96 bits per heavy atom. The molecule has 25 heavy (non-hydrogen) atoms. The van der Waals surface area contributed by atoms with Gasteiger partial charge in [-0.1, -0.05) is 12.1 Å². The smallest absolute Gasteiger partial charge is 0.346 e. The van der Waals surface area contributed by atoms with Crippen molar-refractivity contribution in [3.05, 3.63) is 51.9 Å².